The van der Waals surface area contributed by atoms with Crippen molar-refractivity contribution in [3.63, 3.8) is 0 Å². The highest BCUT2D eigenvalue weighted by Gasteiger charge is 2.55. The molecule has 0 saturated carbocycles. The van der Waals surface area contributed by atoms with Crippen LogP contribution in [0.5, 0.6) is 0 Å². The number of aliphatic hydroxyl groups excluding tert-OH is 1. The first-order chi connectivity index (χ1) is 11.8. The molecule has 7 heteroatoms. The molecule has 1 aromatic carbocycles. The number of hydrogen-bond donors (Lipinski definition) is 1. The minimum atomic E-state index is -3.82. The summed E-state index contributed by atoms with van der Waals surface area (Å²) >= 11 is 0. The van der Waals surface area contributed by atoms with Crippen LogP contribution in [0.25, 0.3) is 0 Å². The molecule has 0 aliphatic rings. The predicted molar refractivity (Wildman–Crippen MR) is 96.7 cm³/mol. The molecule has 0 spiro atoms. The Bertz CT molecular complexity index is 566. The Morgan fingerprint density at radius 3 is 2.16 bits per heavy atom. The number of rotatable bonds is 11. The van der Waals surface area contributed by atoms with Crippen molar-refractivity contribution < 1.29 is 28.3 Å². The fourth-order valence-electron chi connectivity index (χ4n) is 2.67. The van der Waals surface area contributed by atoms with Crippen molar-refractivity contribution in [3.8, 4) is 0 Å². The second kappa shape index (κ2) is 10.1. The maximum absolute atomic E-state index is 13.3. The lowest BCUT2D eigenvalue weighted by atomic mass is 9.97. The molecule has 0 aromatic heterocycles. The smallest absolute Gasteiger partial charge is 0.347 e. The van der Waals surface area contributed by atoms with E-state index in [1.165, 1.54) is 6.92 Å². The number of carbonyl (C=O) groups excluding carboxylic acids is 1. The minimum Gasteiger partial charge on any atom is -0.465 e. The van der Waals surface area contributed by atoms with Gasteiger partial charge in [-0.15, -0.1) is 0 Å². The molecule has 25 heavy (non-hydrogen) atoms. The summed E-state index contributed by atoms with van der Waals surface area (Å²) in [6.45, 7) is 6.90. The van der Waals surface area contributed by atoms with E-state index >= 15 is 0 Å². The van der Waals surface area contributed by atoms with Crippen LogP contribution in [0.4, 0.5) is 0 Å². The first-order valence-corrected chi connectivity index (χ1v) is 10.2. The van der Waals surface area contributed by atoms with Crippen LogP contribution < -0.4 is 0 Å². The molecule has 0 bridgehead atoms. The van der Waals surface area contributed by atoms with Crippen molar-refractivity contribution in [1.82, 2.24) is 0 Å². The van der Waals surface area contributed by atoms with Crippen molar-refractivity contribution >= 4 is 13.6 Å². The largest absolute Gasteiger partial charge is 0.465 e. The fraction of sp³-hybridized carbons (Fsp3) is 0.611. The van der Waals surface area contributed by atoms with Crippen molar-refractivity contribution in [2.45, 2.75) is 51.8 Å². The zero-order valence-corrected chi connectivity index (χ0v) is 16.3. The third-order valence-electron chi connectivity index (χ3n) is 3.86. The number of ether oxygens (including phenoxy) is 1. The number of hydrogen-bond acceptors (Lipinski definition) is 6. The van der Waals surface area contributed by atoms with Gasteiger partial charge in [-0.2, -0.15) is 0 Å². The van der Waals surface area contributed by atoms with Crippen LogP contribution in [-0.2, 0) is 29.6 Å². The standard InChI is InChI=1S/C18H29O6P/c1-5-22-17(20)18(4,25(21,23-6-2)24-7-3)14-16(19)13-15-11-9-8-10-12-15/h8-12,16,19H,5-7,13-14H2,1-4H3. The fourth-order valence-corrected chi connectivity index (χ4v) is 4.72. The van der Waals surface area contributed by atoms with Gasteiger partial charge in [0.15, 0.2) is 5.16 Å². The Hall–Kier alpha value is -1.20. The van der Waals surface area contributed by atoms with Crippen molar-refractivity contribution in [2.24, 2.45) is 0 Å². The summed E-state index contributed by atoms with van der Waals surface area (Å²) in [6.07, 6.45) is -0.655. The maximum Gasteiger partial charge on any atom is 0.347 e. The molecule has 0 amide bonds. The van der Waals surface area contributed by atoms with E-state index in [-0.39, 0.29) is 26.2 Å². The van der Waals surface area contributed by atoms with Gasteiger partial charge in [0.25, 0.3) is 0 Å². The molecule has 0 saturated heterocycles. The van der Waals surface area contributed by atoms with Gasteiger partial charge in [0, 0.05) is 6.42 Å². The molecule has 142 valence electrons. The Morgan fingerprint density at radius 2 is 1.68 bits per heavy atom. The normalized spacial score (nSPS) is 15.4. The molecule has 0 aliphatic carbocycles. The molecule has 1 aromatic rings. The Kier molecular flexibility index (Phi) is 8.80. The Morgan fingerprint density at radius 1 is 1.12 bits per heavy atom. The highest BCUT2D eigenvalue weighted by molar-refractivity contribution is 7.56. The molecular formula is C18H29O6P. The Labute approximate surface area is 150 Å². The number of aliphatic hydroxyl groups is 1. The van der Waals surface area contributed by atoms with Gasteiger partial charge in [-0.25, -0.2) is 0 Å². The average molecular weight is 372 g/mol. The van der Waals surface area contributed by atoms with E-state index in [1.807, 2.05) is 30.3 Å². The van der Waals surface area contributed by atoms with Crippen LogP contribution in [0.1, 0.15) is 39.7 Å². The van der Waals surface area contributed by atoms with Gasteiger partial charge in [0.05, 0.1) is 25.9 Å². The highest BCUT2D eigenvalue weighted by Crippen LogP contribution is 2.62. The third kappa shape index (κ3) is 5.65. The summed E-state index contributed by atoms with van der Waals surface area (Å²) in [4.78, 5) is 12.6. The van der Waals surface area contributed by atoms with Crippen LogP contribution >= 0.6 is 7.60 Å². The van der Waals surface area contributed by atoms with Crippen LogP contribution in [0.2, 0.25) is 0 Å². The quantitative estimate of drug-likeness (QED) is 0.472. The van der Waals surface area contributed by atoms with Crippen molar-refractivity contribution in [3.05, 3.63) is 35.9 Å². The predicted octanol–water partition coefficient (Wildman–Crippen LogP) is 3.57. The van der Waals surface area contributed by atoms with E-state index in [0.29, 0.717) is 6.42 Å². The minimum absolute atomic E-state index is 0.0853. The first kappa shape index (κ1) is 21.8. The van der Waals surface area contributed by atoms with E-state index in [2.05, 4.69) is 0 Å². The van der Waals surface area contributed by atoms with Gasteiger partial charge in [-0.1, -0.05) is 30.3 Å². The molecule has 1 N–H and O–H groups in total. The first-order valence-electron chi connectivity index (χ1n) is 8.61. The van der Waals surface area contributed by atoms with E-state index in [4.69, 9.17) is 13.8 Å². The third-order valence-corrected chi connectivity index (χ3v) is 6.64. The van der Waals surface area contributed by atoms with Gasteiger partial charge in [0.1, 0.15) is 0 Å². The van der Waals surface area contributed by atoms with Crippen molar-refractivity contribution in [2.75, 3.05) is 19.8 Å². The van der Waals surface area contributed by atoms with E-state index in [0.717, 1.165) is 5.56 Å². The Balaban J connectivity index is 3.09. The highest BCUT2D eigenvalue weighted by atomic mass is 31.2. The molecule has 0 heterocycles. The van der Waals surface area contributed by atoms with Gasteiger partial charge < -0.3 is 18.9 Å². The van der Waals surface area contributed by atoms with E-state index < -0.39 is 24.8 Å². The summed E-state index contributed by atoms with van der Waals surface area (Å²) in [5.41, 5.74) is 0.920. The van der Waals surface area contributed by atoms with Gasteiger partial charge >= 0.3 is 13.6 Å². The van der Waals surface area contributed by atoms with E-state index in [9.17, 15) is 14.5 Å². The van der Waals surface area contributed by atoms with E-state index in [1.54, 1.807) is 20.8 Å². The number of esters is 1. The van der Waals surface area contributed by atoms with Crippen LogP contribution in [-0.4, -0.2) is 42.2 Å². The lowest BCUT2D eigenvalue weighted by Crippen LogP contribution is -2.42. The summed E-state index contributed by atoms with van der Waals surface area (Å²) in [7, 11) is -3.82. The molecule has 0 fully saturated rings. The molecule has 1 rings (SSSR count). The summed E-state index contributed by atoms with van der Waals surface area (Å²) < 4.78 is 29.1. The summed E-state index contributed by atoms with van der Waals surface area (Å²) in [6, 6.07) is 9.40. The van der Waals surface area contributed by atoms with Crippen LogP contribution in [0.3, 0.4) is 0 Å². The van der Waals surface area contributed by atoms with Gasteiger partial charge in [0.2, 0.25) is 0 Å². The molecular weight excluding hydrogens is 343 g/mol. The average Bonchev–Trinajstić information content (AvgIpc) is 2.56. The molecule has 6 nitrogen and oxygen atoms in total. The summed E-state index contributed by atoms with van der Waals surface area (Å²) in [5, 5.41) is 8.93. The second-order valence-corrected chi connectivity index (χ2v) is 8.37. The van der Waals surface area contributed by atoms with Crippen LogP contribution in [0.15, 0.2) is 30.3 Å². The van der Waals surface area contributed by atoms with Crippen molar-refractivity contribution in [1.29, 1.82) is 0 Å². The molecule has 0 radical (unpaired) electrons. The monoisotopic (exact) mass is 372 g/mol. The lowest BCUT2D eigenvalue weighted by molar-refractivity contribution is -0.147. The maximum atomic E-state index is 13.3. The number of carbonyl (C=O) groups is 1. The number of benzene rings is 1. The molecule has 0 aliphatic heterocycles. The topological polar surface area (TPSA) is 82.1 Å². The zero-order valence-electron chi connectivity index (χ0n) is 15.4. The summed E-state index contributed by atoms with van der Waals surface area (Å²) in [5.74, 6) is -0.688. The lowest BCUT2D eigenvalue weighted by Gasteiger charge is -2.35. The van der Waals surface area contributed by atoms with Crippen LogP contribution in [0, 0.1) is 0 Å². The van der Waals surface area contributed by atoms with Gasteiger partial charge in [-0.3, -0.25) is 9.36 Å². The molecule has 2 atom stereocenters. The zero-order chi connectivity index (χ0) is 18.9. The SMILES string of the molecule is CCOC(=O)C(C)(CC(O)Cc1ccccc1)P(=O)(OCC)OCC. The molecule has 2 unspecified atom stereocenters. The second-order valence-electron chi connectivity index (χ2n) is 5.88. The van der Waals surface area contributed by atoms with Gasteiger partial charge in [-0.05, 0) is 39.7 Å².